The molecule has 7 heteroatoms. The fraction of sp³-hybridized carbons (Fsp3) is 0.435. The largest absolute Gasteiger partial charge is 0.378 e. The van der Waals surface area contributed by atoms with Crippen molar-refractivity contribution >= 4 is 28.8 Å². The Kier molecular flexibility index (Phi) is 4.70. The Bertz CT molecular complexity index is 1040. The summed E-state index contributed by atoms with van der Waals surface area (Å²) >= 11 is 0. The Balaban J connectivity index is 1.41. The third-order valence-corrected chi connectivity index (χ3v) is 6.58. The lowest BCUT2D eigenvalue weighted by Crippen LogP contribution is -2.35. The number of benzene rings is 1. The molecule has 2 aliphatic rings. The molecule has 0 radical (unpaired) electrons. The SMILES string of the molecule is CN(C)c1ccc(C(C=O)N2CCN(c3ncnc4[nH]ccc34)CC3(CC3)C2)cc1. The van der Waals surface area contributed by atoms with Crippen LogP contribution in [0.4, 0.5) is 11.5 Å². The van der Waals surface area contributed by atoms with Crippen LogP contribution in [0.2, 0.25) is 0 Å². The Hall–Kier alpha value is -2.93. The zero-order chi connectivity index (χ0) is 20.7. The van der Waals surface area contributed by atoms with Gasteiger partial charge in [-0.15, -0.1) is 0 Å². The quantitative estimate of drug-likeness (QED) is 0.660. The van der Waals surface area contributed by atoms with E-state index in [4.69, 9.17) is 0 Å². The van der Waals surface area contributed by atoms with E-state index in [-0.39, 0.29) is 11.5 Å². The van der Waals surface area contributed by atoms with Gasteiger partial charge in [-0.2, -0.15) is 0 Å². The summed E-state index contributed by atoms with van der Waals surface area (Å²) in [7, 11) is 4.06. The van der Waals surface area contributed by atoms with Gasteiger partial charge < -0.3 is 19.6 Å². The number of aldehydes is 1. The van der Waals surface area contributed by atoms with E-state index >= 15 is 0 Å². The first kappa shape index (κ1) is 19.1. The molecule has 1 atom stereocenters. The molecule has 2 aromatic heterocycles. The summed E-state index contributed by atoms with van der Waals surface area (Å²) in [5, 5.41) is 1.06. The summed E-state index contributed by atoms with van der Waals surface area (Å²) in [6.45, 7) is 3.60. The van der Waals surface area contributed by atoms with E-state index in [9.17, 15) is 4.79 Å². The average molecular weight is 405 g/mol. The van der Waals surface area contributed by atoms with Crippen molar-refractivity contribution in [2.75, 3.05) is 50.1 Å². The van der Waals surface area contributed by atoms with Crippen LogP contribution >= 0.6 is 0 Å². The van der Waals surface area contributed by atoms with E-state index < -0.39 is 0 Å². The van der Waals surface area contributed by atoms with Crippen LogP contribution in [0.5, 0.6) is 0 Å². The number of carbonyl (C=O) groups excluding carboxylic acids is 1. The van der Waals surface area contributed by atoms with Gasteiger partial charge in [0, 0.05) is 57.6 Å². The van der Waals surface area contributed by atoms with Crippen molar-refractivity contribution in [1.82, 2.24) is 19.9 Å². The molecular weight excluding hydrogens is 376 g/mol. The number of nitrogens with zero attached hydrogens (tertiary/aromatic N) is 5. The summed E-state index contributed by atoms with van der Waals surface area (Å²) in [5.74, 6) is 0.993. The molecule has 30 heavy (non-hydrogen) atoms. The van der Waals surface area contributed by atoms with Crippen LogP contribution in [0.3, 0.4) is 0 Å². The number of aromatic nitrogens is 3. The lowest BCUT2D eigenvalue weighted by atomic mass is 10.0. The van der Waals surface area contributed by atoms with Gasteiger partial charge in [0.15, 0.2) is 0 Å². The minimum absolute atomic E-state index is 0.212. The number of H-pyrrole nitrogens is 1. The van der Waals surface area contributed by atoms with E-state index in [2.05, 4.69) is 53.9 Å². The number of aromatic amines is 1. The third-order valence-electron chi connectivity index (χ3n) is 6.58. The van der Waals surface area contributed by atoms with Crippen molar-refractivity contribution in [2.24, 2.45) is 5.41 Å². The second kappa shape index (κ2) is 7.40. The molecule has 1 unspecified atom stereocenters. The normalized spacial score (nSPS) is 19.6. The van der Waals surface area contributed by atoms with Crippen molar-refractivity contribution in [3.8, 4) is 0 Å². The average Bonchev–Trinajstić information content (AvgIpc) is 3.39. The highest BCUT2D eigenvalue weighted by molar-refractivity contribution is 5.87. The van der Waals surface area contributed by atoms with Crippen LogP contribution in [0, 0.1) is 5.41 Å². The first-order chi connectivity index (χ1) is 14.6. The zero-order valence-electron chi connectivity index (χ0n) is 17.6. The predicted octanol–water partition coefficient (Wildman–Crippen LogP) is 2.87. The summed E-state index contributed by atoms with van der Waals surface area (Å²) in [6.07, 6.45) is 7.06. The molecule has 1 aliphatic heterocycles. The van der Waals surface area contributed by atoms with Crippen LogP contribution in [-0.2, 0) is 4.79 Å². The van der Waals surface area contributed by atoms with Gasteiger partial charge in [0.2, 0.25) is 0 Å². The van der Waals surface area contributed by atoms with Crippen LogP contribution in [0.15, 0.2) is 42.9 Å². The first-order valence-corrected chi connectivity index (χ1v) is 10.6. The summed E-state index contributed by atoms with van der Waals surface area (Å²) in [4.78, 5) is 31.1. The fourth-order valence-corrected chi connectivity index (χ4v) is 4.66. The Morgan fingerprint density at radius 2 is 1.90 bits per heavy atom. The Morgan fingerprint density at radius 1 is 1.10 bits per heavy atom. The monoisotopic (exact) mass is 404 g/mol. The van der Waals surface area contributed by atoms with E-state index in [0.717, 1.165) is 60.6 Å². The van der Waals surface area contributed by atoms with E-state index in [0.29, 0.717) is 0 Å². The van der Waals surface area contributed by atoms with Crippen molar-refractivity contribution < 1.29 is 4.79 Å². The maximum Gasteiger partial charge on any atom is 0.142 e. The second-order valence-electron chi connectivity index (χ2n) is 8.90. The van der Waals surface area contributed by atoms with Gasteiger partial charge in [-0.3, -0.25) is 4.90 Å². The second-order valence-corrected chi connectivity index (χ2v) is 8.90. The summed E-state index contributed by atoms with van der Waals surface area (Å²) < 4.78 is 0. The molecule has 156 valence electrons. The molecule has 1 saturated carbocycles. The van der Waals surface area contributed by atoms with Gasteiger partial charge in [0.1, 0.15) is 24.1 Å². The molecule has 0 amide bonds. The van der Waals surface area contributed by atoms with Gasteiger partial charge in [-0.25, -0.2) is 9.97 Å². The molecular formula is C23H28N6O. The summed E-state index contributed by atoms with van der Waals surface area (Å²) in [5.41, 5.74) is 3.32. The van der Waals surface area contributed by atoms with Crippen LogP contribution in [0.25, 0.3) is 11.0 Å². The lowest BCUT2D eigenvalue weighted by molar-refractivity contribution is -0.112. The van der Waals surface area contributed by atoms with Crippen LogP contribution < -0.4 is 9.80 Å². The number of fused-ring (bicyclic) bond motifs is 1. The molecule has 5 rings (SSSR count). The molecule has 1 aromatic carbocycles. The topological polar surface area (TPSA) is 68.4 Å². The number of hydrogen-bond acceptors (Lipinski definition) is 6. The number of hydrogen-bond donors (Lipinski definition) is 1. The lowest BCUT2D eigenvalue weighted by Gasteiger charge is -2.29. The van der Waals surface area contributed by atoms with Crippen LogP contribution in [0.1, 0.15) is 24.4 Å². The molecule has 3 heterocycles. The standard InChI is InChI=1S/C23H28N6O/c1-27(2)18-5-3-17(4-6-18)20(13-30)28-11-12-29(15-23(14-28)8-9-23)22-19-7-10-24-21(19)25-16-26-22/h3-7,10,13,16,20H,8-9,11-12,14-15H2,1-2H3,(H,24,25,26). The number of anilines is 2. The van der Waals surface area contributed by atoms with Gasteiger partial charge in [0.05, 0.1) is 11.4 Å². The fourth-order valence-electron chi connectivity index (χ4n) is 4.66. The molecule has 1 aliphatic carbocycles. The van der Waals surface area contributed by atoms with Gasteiger partial charge in [0.25, 0.3) is 0 Å². The molecule has 3 aromatic rings. The highest BCUT2D eigenvalue weighted by Crippen LogP contribution is 2.49. The van der Waals surface area contributed by atoms with Gasteiger partial charge >= 0.3 is 0 Å². The van der Waals surface area contributed by atoms with Crippen molar-refractivity contribution in [1.29, 1.82) is 0 Å². The highest BCUT2D eigenvalue weighted by Gasteiger charge is 2.48. The maximum absolute atomic E-state index is 12.2. The third kappa shape index (κ3) is 3.43. The number of rotatable bonds is 5. The number of carbonyl (C=O) groups is 1. The predicted molar refractivity (Wildman–Crippen MR) is 119 cm³/mol. The molecule has 7 nitrogen and oxygen atoms in total. The van der Waals surface area contributed by atoms with Gasteiger partial charge in [-0.05, 0) is 36.6 Å². The van der Waals surface area contributed by atoms with Crippen molar-refractivity contribution in [3.05, 3.63) is 48.4 Å². The molecule has 1 N–H and O–H groups in total. The Labute approximate surface area is 176 Å². The minimum Gasteiger partial charge on any atom is -0.378 e. The smallest absolute Gasteiger partial charge is 0.142 e. The first-order valence-electron chi connectivity index (χ1n) is 10.6. The summed E-state index contributed by atoms with van der Waals surface area (Å²) in [6, 6.07) is 10.2. The molecule has 1 spiro atoms. The van der Waals surface area contributed by atoms with E-state index in [1.54, 1.807) is 6.33 Å². The minimum atomic E-state index is -0.212. The maximum atomic E-state index is 12.2. The van der Waals surface area contributed by atoms with Gasteiger partial charge in [-0.1, -0.05) is 12.1 Å². The Morgan fingerprint density at radius 3 is 2.60 bits per heavy atom. The molecule has 2 fully saturated rings. The van der Waals surface area contributed by atoms with Crippen molar-refractivity contribution in [2.45, 2.75) is 18.9 Å². The van der Waals surface area contributed by atoms with Crippen molar-refractivity contribution in [3.63, 3.8) is 0 Å². The highest BCUT2D eigenvalue weighted by atomic mass is 16.1. The van der Waals surface area contributed by atoms with E-state index in [1.165, 1.54) is 12.8 Å². The molecule has 1 saturated heterocycles. The van der Waals surface area contributed by atoms with Crippen LogP contribution in [-0.4, -0.2) is 66.4 Å². The number of nitrogens with one attached hydrogen (secondary N) is 1. The zero-order valence-corrected chi connectivity index (χ0v) is 17.6. The molecule has 0 bridgehead atoms. The van der Waals surface area contributed by atoms with E-state index in [1.807, 2.05) is 26.4 Å².